The molecular formula is C65H72O2. The van der Waals surface area contributed by atoms with Gasteiger partial charge in [0.25, 0.3) is 0 Å². The van der Waals surface area contributed by atoms with E-state index in [2.05, 4.69) is 204 Å². The lowest BCUT2D eigenvalue weighted by molar-refractivity contribution is 0.481. The van der Waals surface area contributed by atoms with Gasteiger partial charge in [0.05, 0.1) is 0 Å². The molecule has 0 heterocycles. The molecule has 0 fully saturated rings. The molecule has 0 aromatic heterocycles. The third-order valence-corrected chi connectivity index (χ3v) is 13.2. The van der Waals surface area contributed by atoms with Crippen LogP contribution < -0.4 is 9.47 Å². The molecule has 2 heteroatoms. The van der Waals surface area contributed by atoms with Gasteiger partial charge in [-0.2, -0.15) is 0 Å². The first-order chi connectivity index (χ1) is 32.1. The lowest BCUT2D eigenvalue weighted by Crippen LogP contribution is -2.18. The number of hydrogen-bond donors (Lipinski definition) is 0. The average Bonchev–Trinajstić information content (AvgIpc) is 3.32. The third-order valence-electron chi connectivity index (χ3n) is 13.2. The maximum atomic E-state index is 5.97. The Kier molecular flexibility index (Phi) is 17.2. The third kappa shape index (κ3) is 14.2. The van der Waals surface area contributed by atoms with Crippen molar-refractivity contribution in [2.24, 2.45) is 0 Å². The quantitative estimate of drug-likeness (QED) is 0.122. The maximum absolute atomic E-state index is 5.97. The molecule has 0 radical (unpaired) electrons. The summed E-state index contributed by atoms with van der Waals surface area (Å²) in [5.74, 6) is 3.37. The van der Waals surface area contributed by atoms with Crippen LogP contribution in [0.25, 0.3) is 0 Å². The number of benzene rings is 8. The second kappa shape index (κ2) is 23.2. The fourth-order valence-corrected chi connectivity index (χ4v) is 8.38. The van der Waals surface area contributed by atoms with Gasteiger partial charge < -0.3 is 9.47 Å². The molecule has 0 unspecified atom stereocenters. The molecule has 0 atom stereocenters. The first-order valence-electron chi connectivity index (χ1n) is 24.1. The minimum atomic E-state index is -0.134. The Morgan fingerprint density at radius 1 is 0.328 bits per heavy atom. The normalized spacial score (nSPS) is 10.9. The van der Waals surface area contributed by atoms with Crippen molar-refractivity contribution in [3.63, 3.8) is 0 Å². The summed E-state index contributed by atoms with van der Waals surface area (Å²) in [7, 11) is 0. The molecule has 0 aliphatic carbocycles. The second-order valence-corrected chi connectivity index (χ2v) is 18.9. The first-order valence-corrected chi connectivity index (χ1v) is 24.1. The lowest BCUT2D eigenvalue weighted by Gasteiger charge is -2.26. The van der Waals surface area contributed by atoms with Crippen LogP contribution in [-0.2, 0) is 31.1 Å². The molecule has 0 saturated carbocycles. The second-order valence-electron chi connectivity index (χ2n) is 18.9. The van der Waals surface area contributed by atoms with Gasteiger partial charge in [-0.25, -0.2) is 0 Å². The largest absolute Gasteiger partial charge is 0.457 e. The molecule has 0 spiro atoms. The zero-order valence-corrected chi connectivity index (χ0v) is 42.3. The Morgan fingerprint density at radius 2 is 0.597 bits per heavy atom. The highest BCUT2D eigenvalue weighted by Gasteiger charge is 2.23. The monoisotopic (exact) mass is 885 g/mol. The van der Waals surface area contributed by atoms with E-state index in [1.807, 2.05) is 48.5 Å². The van der Waals surface area contributed by atoms with Crippen molar-refractivity contribution in [2.75, 3.05) is 0 Å². The van der Waals surface area contributed by atoms with Gasteiger partial charge in [-0.1, -0.05) is 171 Å². The van der Waals surface area contributed by atoms with Crippen molar-refractivity contribution >= 4 is 0 Å². The zero-order valence-electron chi connectivity index (χ0n) is 42.3. The fraction of sp³-hybridized carbons (Fsp3) is 0.262. The minimum Gasteiger partial charge on any atom is -0.457 e. The molecule has 2 nitrogen and oxygen atoms in total. The van der Waals surface area contributed by atoms with Crippen LogP contribution in [0.3, 0.4) is 0 Å². The topological polar surface area (TPSA) is 18.5 Å². The van der Waals surface area contributed by atoms with Gasteiger partial charge in [0.1, 0.15) is 23.0 Å². The molecule has 8 aromatic rings. The van der Waals surface area contributed by atoms with Crippen LogP contribution in [0.1, 0.15) is 117 Å². The fourth-order valence-electron chi connectivity index (χ4n) is 8.38. The van der Waals surface area contributed by atoms with E-state index in [0.717, 1.165) is 48.7 Å². The summed E-state index contributed by atoms with van der Waals surface area (Å²) in [6.07, 6.45) is 4.31. The van der Waals surface area contributed by atoms with E-state index in [1.165, 1.54) is 89.0 Å². The molecule has 8 rings (SSSR count). The van der Waals surface area contributed by atoms with Gasteiger partial charge in [-0.15, -0.1) is 0 Å². The van der Waals surface area contributed by atoms with E-state index in [9.17, 15) is 0 Å². The Bertz CT molecular complexity index is 2600. The number of aryl methyl sites for hydroxylation is 8. The summed E-state index contributed by atoms with van der Waals surface area (Å²) in [6, 6.07) is 59.9. The highest BCUT2D eigenvalue weighted by atomic mass is 16.5. The summed E-state index contributed by atoms with van der Waals surface area (Å²) in [5, 5.41) is 0. The van der Waals surface area contributed by atoms with Crippen molar-refractivity contribution in [3.8, 4) is 23.0 Å². The van der Waals surface area contributed by atoms with Crippen molar-refractivity contribution in [1.82, 2.24) is 0 Å². The average molecular weight is 885 g/mol. The molecule has 0 saturated heterocycles. The summed E-state index contributed by atoms with van der Waals surface area (Å²) in [5.41, 5.74) is 21.8. The molecule has 0 aliphatic heterocycles. The standard InChI is InChI=1S/C29H28O2.C21H28.C15H16/c1-21-5-13-25(14-6-21)30-27-17-9-23(10-18-27)29(3,4)24-11-19-28(20-12-24)31-26-15-7-22(2)8-16-26;1-7-20-12-18(9-14(3)16(20)5)11-19-10-15(4)17(6)21(8-2)13-19;1-12-3-7-14(8-4-12)11-15-9-5-13(2)6-10-15/h5-20H,1-4H3;9-10,12-13H,7-8,11H2,1-6H3;3-10H,11H2,1-2H3. The molecule has 67 heavy (non-hydrogen) atoms. The molecule has 0 amide bonds. The molecule has 0 aliphatic rings. The predicted octanol–water partition coefficient (Wildman–Crippen LogP) is 17.7. The first kappa shape index (κ1) is 49.8. The van der Waals surface area contributed by atoms with Crippen LogP contribution >= 0.6 is 0 Å². The predicted molar refractivity (Wildman–Crippen MR) is 286 cm³/mol. The van der Waals surface area contributed by atoms with Gasteiger partial charge in [0.2, 0.25) is 0 Å². The van der Waals surface area contributed by atoms with Gasteiger partial charge in [-0.05, 0) is 196 Å². The van der Waals surface area contributed by atoms with E-state index in [-0.39, 0.29) is 5.41 Å². The van der Waals surface area contributed by atoms with E-state index in [1.54, 1.807) is 0 Å². The van der Waals surface area contributed by atoms with E-state index >= 15 is 0 Å². The van der Waals surface area contributed by atoms with E-state index in [0.29, 0.717) is 0 Å². The molecular weight excluding hydrogens is 813 g/mol. The van der Waals surface area contributed by atoms with Crippen LogP contribution in [0.4, 0.5) is 0 Å². The zero-order chi connectivity index (χ0) is 48.1. The summed E-state index contributed by atoms with van der Waals surface area (Å²) >= 11 is 0. The summed E-state index contributed by atoms with van der Waals surface area (Å²) in [6.45, 7) is 26.3. The number of ether oxygens (including phenoxy) is 2. The highest BCUT2D eigenvalue weighted by Crippen LogP contribution is 2.35. The van der Waals surface area contributed by atoms with Gasteiger partial charge in [0.15, 0.2) is 0 Å². The Hall–Kier alpha value is -6.64. The van der Waals surface area contributed by atoms with Crippen LogP contribution in [0.5, 0.6) is 23.0 Å². The SMILES string of the molecule is CCc1cc(Cc2cc(C)c(C)c(CC)c2)cc(C)c1C.Cc1ccc(Cc2ccc(C)cc2)cc1.Cc1ccc(Oc2ccc(C(C)(C)c3ccc(Oc4ccc(C)cc4)cc3)cc2)cc1. The number of hydrogen-bond acceptors (Lipinski definition) is 2. The molecule has 344 valence electrons. The Balaban J connectivity index is 0.000000178. The molecule has 0 bridgehead atoms. The van der Waals surface area contributed by atoms with Crippen LogP contribution in [0.2, 0.25) is 0 Å². The van der Waals surface area contributed by atoms with Gasteiger partial charge in [0, 0.05) is 5.41 Å². The van der Waals surface area contributed by atoms with Crippen molar-refractivity contribution < 1.29 is 9.47 Å². The van der Waals surface area contributed by atoms with E-state index < -0.39 is 0 Å². The van der Waals surface area contributed by atoms with Crippen LogP contribution in [0, 0.1) is 55.4 Å². The minimum absolute atomic E-state index is 0.134. The Labute approximate surface area is 403 Å². The lowest BCUT2D eigenvalue weighted by atomic mass is 9.78. The summed E-state index contributed by atoms with van der Waals surface area (Å²) in [4.78, 5) is 0. The van der Waals surface area contributed by atoms with Gasteiger partial charge in [-0.3, -0.25) is 0 Å². The van der Waals surface area contributed by atoms with Crippen molar-refractivity contribution in [1.29, 1.82) is 0 Å². The smallest absolute Gasteiger partial charge is 0.127 e. The Morgan fingerprint density at radius 3 is 0.896 bits per heavy atom. The molecule has 0 N–H and O–H groups in total. The van der Waals surface area contributed by atoms with Crippen molar-refractivity contribution in [2.45, 2.75) is 114 Å². The molecule has 8 aromatic carbocycles. The van der Waals surface area contributed by atoms with Gasteiger partial charge >= 0.3 is 0 Å². The van der Waals surface area contributed by atoms with Crippen molar-refractivity contribution in [3.05, 3.63) is 259 Å². The maximum Gasteiger partial charge on any atom is 0.127 e. The van der Waals surface area contributed by atoms with E-state index in [4.69, 9.17) is 9.47 Å². The summed E-state index contributed by atoms with van der Waals surface area (Å²) < 4.78 is 11.9. The number of rotatable bonds is 12. The highest BCUT2D eigenvalue weighted by molar-refractivity contribution is 5.45. The van der Waals surface area contributed by atoms with Crippen LogP contribution in [-0.4, -0.2) is 0 Å². The van der Waals surface area contributed by atoms with Crippen LogP contribution in [0.15, 0.2) is 170 Å².